The van der Waals surface area contributed by atoms with E-state index in [0.29, 0.717) is 0 Å². The first-order chi connectivity index (χ1) is 4.85. The first-order valence-corrected chi connectivity index (χ1v) is 4.01. The number of allylic oxidation sites excluding steroid dienone is 1. The number of hydrogen-bond acceptors (Lipinski definition) is 1. The van der Waals surface area contributed by atoms with Crippen LogP contribution in [0, 0.1) is 0 Å². The van der Waals surface area contributed by atoms with E-state index in [0.717, 1.165) is 12.8 Å². The fourth-order valence-corrected chi connectivity index (χ4v) is 0.801. The van der Waals surface area contributed by atoms with E-state index < -0.39 is 0 Å². The van der Waals surface area contributed by atoms with Crippen LogP contribution in [0.25, 0.3) is 0 Å². The molecule has 1 nitrogen and oxygen atoms in total. The van der Waals surface area contributed by atoms with Crippen molar-refractivity contribution in [3.63, 3.8) is 0 Å². The molecule has 0 aliphatic rings. The molecule has 0 aromatic heterocycles. The molecule has 0 amide bonds. The molecule has 1 heteroatoms. The van der Waals surface area contributed by atoms with Gasteiger partial charge >= 0.3 is 0 Å². The Kier molecular flexibility index (Phi) is 6.14. The van der Waals surface area contributed by atoms with E-state index in [9.17, 15) is 0 Å². The SMILES string of the molecule is C/C=C\N=C(CC)CCC. The first kappa shape index (κ1) is 9.41. The summed E-state index contributed by atoms with van der Waals surface area (Å²) in [5.41, 5.74) is 1.31. The van der Waals surface area contributed by atoms with Gasteiger partial charge in [-0.15, -0.1) is 0 Å². The van der Waals surface area contributed by atoms with Gasteiger partial charge in [-0.05, 0) is 19.8 Å². The smallest absolute Gasteiger partial charge is 0.0224 e. The normalized spacial score (nSPS) is 12.9. The lowest BCUT2D eigenvalue weighted by Gasteiger charge is -1.96. The molecule has 0 saturated carbocycles. The number of rotatable bonds is 4. The van der Waals surface area contributed by atoms with Crippen LogP contribution < -0.4 is 0 Å². The molecule has 0 fully saturated rings. The molecule has 0 atom stereocenters. The Balaban J connectivity index is 3.78. The molecule has 10 heavy (non-hydrogen) atoms. The molecule has 0 aliphatic heterocycles. The van der Waals surface area contributed by atoms with Crippen LogP contribution in [0.5, 0.6) is 0 Å². The summed E-state index contributed by atoms with van der Waals surface area (Å²) in [7, 11) is 0. The minimum atomic E-state index is 1.08. The molecular weight excluding hydrogens is 122 g/mol. The van der Waals surface area contributed by atoms with Gasteiger partial charge in [-0.25, -0.2) is 0 Å². The Morgan fingerprint density at radius 3 is 2.50 bits per heavy atom. The number of hydrogen-bond donors (Lipinski definition) is 0. The molecule has 0 aliphatic carbocycles. The fourth-order valence-electron chi connectivity index (χ4n) is 0.801. The van der Waals surface area contributed by atoms with Crippen LogP contribution in [0.15, 0.2) is 17.3 Å². The van der Waals surface area contributed by atoms with Gasteiger partial charge in [0.2, 0.25) is 0 Å². The van der Waals surface area contributed by atoms with Crippen molar-refractivity contribution in [1.29, 1.82) is 0 Å². The quantitative estimate of drug-likeness (QED) is 0.530. The minimum absolute atomic E-state index is 1.08. The van der Waals surface area contributed by atoms with Crippen LogP contribution in [-0.4, -0.2) is 5.71 Å². The highest BCUT2D eigenvalue weighted by atomic mass is 14.7. The highest BCUT2D eigenvalue weighted by Gasteiger charge is 1.90. The lowest BCUT2D eigenvalue weighted by atomic mass is 10.2. The first-order valence-electron chi connectivity index (χ1n) is 4.01. The molecule has 0 heterocycles. The van der Waals surface area contributed by atoms with Crippen LogP contribution in [0.1, 0.15) is 40.0 Å². The molecule has 0 aromatic rings. The highest BCUT2D eigenvalue weighted by molar-refractivity contribution is 5.84. The zero-order valence-corrected chi connectivity index (χ0v) is 7.22. The lowest BCUT2D eigenvalue weighted by molar-refractivity contribution is 0.966. The average Bonchev–Trinajstić information content (AvgIpc) is 1.98. The summed E-state index contributed by atoms with van der Waals surface area (Å²) >= 11 is 0. The maximum Gasteiger partial charge on any atom is 0.0224 e. The van der Waals surface area contributed by atoms with Crippen LogP contribution in [0.4, 0.5) is 0 Å². The van der Waals surface area contributed by atoms with Crippen molar-refractivity contribution in [2.75, 3.05) is 0 Å². The Hall–Kier alpha value is -0.590. The standard InChI is InChI=1S/C9H17N/c1-4-7-9(6-3)10-8-5-2/h5,8H,4,6-7H2,1-3H3/b8-5-,10-9?. The summed E-state index contributed by atoms with van der Waals surface area (Å²) < 4.78 is 0. The predicted molar refractivity (Wildman–Crippen MR) is 47.4 cm³/mol. The van der Waals surface area contributed by atoms with E-state index in [1.165, 1.54) is 12.1 Å². The Bertz CT molecular complexity index is 123. The third kappa shape index (κ3) is 4.30. The highest BCUT2D eigenvalue weighted by Crippen LogP contribution is 1.96. The second-order valence-corrected chi connectivity index (χ2v) is 2.28. The van der Waals surface area contributed by atoms with E-state index in [4.69, 9.17) is 0 Å². The summed E-state index contributed by atoms with van der Waals surface area (Å²) in [6.45, 7) is 6.32. The summed E-state index contributed by atoms with van der Waals surface area (Å²) in [5.74, 6) is 0. The Morgan fingerprint density at radius 2 is 2.10 bits per heavy atom. The van der Waals surface area contributed by atoms with Gasteiger partial charge in [0.25, 0.3) is 0 Å². The van der Waals surface area contributed by atoms with E-state index in [1.807, 2.05) is 19.2 Å². The average molecular weight is 139 g/mol. The third-order valence-electron chi connectivity index (χ3n) is 1.35. The van der Waals surface area contributed by atoms with Crippen molar-refractivity contribution >= 4 is 5.71 Å². The monoisotopic (exact) mass is 139 g/mol. The minimum Gasteiger partial charge on any atom is -0.266 e. The molecule has 0 unspecified atom stereocenters. The zero-order valence-electron chi connectivity index (χ0n) is 7.22. The number of aliphatic imine (C=N–C) groups is 1. The predicted octanol–water partition coefficient (Wildman–Crippen LogP) is 3.17. The number of nitrogens with zero attached hydrogens (tertiary/aromatic N) is 1. The Morgan fingerprint density at radius 1 is 1.40 bits per heavy atom. The summed E-state index contributed by atoms with van der Waals surface area (Å²) in [6, 6.07) is 0. The second-order valence-electron chi connectivity index (χ2n) is 2.28. The van der Waals surface area contributed by atoms with Gasteiger partial charge in [-0.3, -0.25) is 4.99 Å². The van der Waals surface area contributed by atoms with Gasteiger partial charge in [0.05, 0.1) is 0 Å². The van der Waals surface area contributed by atoms with Crippen LogP contribution in [0.3, 0.4) is 0 Å². The van der Waals surface area contributed by atoms with Crippen molar-refractivity contribution in [3.8, 4) is 0 Å². The van der Waals surface area contributed by atoms with Crippen LogP contribution >= 0.6 is 0 Å². The summed E-state index contributed by atoms with van der Waals surface area (Å²) in [4.78, 5) is 4.29. The van der Waals surface area contributed by atoms with E-state index in [1.54, 1.807) is 0 Å². The molecule has 0 aromatic carbocycles. The van der Waals surface area contributed by atoms with E-state index in [-0.39, 0.29) is 0 Å². The Labute approximate surface area is 63.9 Å². The molecule has 0 saturated heterocycles. The van der Waals surface area contributed by atoms with E-state index >= 15 is 0 Å². The topological polar surface area (TPSA) is 12.4 Å². The lowest BCUT2D eigenvalue weighted by Crippen LogP contribution is -1.93. The largest absolute Gasteiger partial charge is 0.266 e. The van der Waals surface area contributed by atoms with Crippen molar-refractivity contribution in [1.82, 2.24) is 0 Å². The van der Waals surface area contributed by atoms with Crippen molar-refractivity contribution in [3.05, 3.63) is 12.3 Å². The van der Waals surface area contributed by atoms with Crippen molar-refractivity contribution in [2.24, 2.45) is 4.99 Å². The van der Waals surface area contributed by atoms with Gasteiger partial charge in [-0.1, -0.05) is 26.3 Å². The zero-order chi connectivity index (χ0) is 7.82. The van der Waals surface area contributed by atoms with Gasteiger partial charge in [0.1, 0.15) is 0 Å². The molecule has 0 bridgehead atoms. The summed E-state index contributed by atoms with van der Waals surface area (Å²) in [5, 5.41) is 0. The molecule has 0 rings (SSSR count). The maximum absolute atomic E-state index is 4.29. The van der Waals surface area contributed by atoms with Gasteiger partial charge in [-0.2, -0.15) is 0 Å². The van der Waals surface area contributed by atoms with E-state index in [2.05, 4.69) is 18.8 Å². The summed E-state index contributed by atoms with van der Waals surface area (Å²) in [6.07, 6.45) is 7.25. The van der Waals surface area contributed by atoms with Crippen LogP contribution in [-0.2, 0) is 0 Å². The molecule has 0 N–H and O–H groups in total. The van der Waals surface area contributed by atoms with Gasteiger partial charge in [0.15, 0.2) is 0 Å². The fraction of sp³-hybridized carbons (Fsp3) is 0.667. The van der Waals surface area contributed by atoms with Crippen LogP contribution in [0.2, 0.25) is 0 Å². The molecule has 0 spiro atoms. The molecule has 58 valence electrons. The maximum atomic E-state index is 4.29. The van der Waals surface area contributed by atoms with Gasteiger partial charge in [0, 0.05) is 11.9 Å². The molecular formula is C9H17N. The second kappa shape index (κ2) is 6.53. The third-order valence-corrected chi connectivity index (χ3v) is 1.35. The van der Waals surface area contributed by atoms with Crippen molar-refractivity contribution < 1.29 is 0 Å². The van der Waals surface area contributed by atoms with Gasteiger partial charge < -0.3 is 0 Å². The molecule has 0 radical (unpaired) electrons. The van der Waals surface area contributed by atoms with Crippen molar-refractivity contribution in [2.45, 2.75) is 40.0 Å².